The third-order valence-electron chi connectivity index (χ3n) is 3.75. The van der Waals surface area contributed by atoms with Gasteiger partial charge in [0.05, 0.1) is 21.2 Å². The van der Waals surface area contributed by atoms with E-state index in [1.165, 1.54) is 35.5 Å². The lowest BCUT2D eigenvalue weighted by Crippen LogP contribution is -2.56. The second kappa shape index (κ2) is 6.14. The SMILES string of the molecule is COc1ccc(S(=O)(=O)C2CN(C(=O)c3ccc(Cl)s3)C2)cc1. The van der Waals surface area contributed by atoms with Crippen molar-refractivity contribution in [2.75, 3.05) is 20.2 Å². The van der Waals surface area contributed by atoms with Gasteiger partial charge in [-0.2, -0.15) is 0 Å². The molecule has 0 aliphatic carbocycles. The highest BCUT2D eigenvalue weighted by atomic mass is 35.5. The van der Waals surface area contributed by atoms with E-state index in [-0.39, 0.29) is 23.9 Å². The molecule has 0 radical (unpaired) electrons. The molecule has 0 spiro atoms. The summed E-state index contributed by atoms with van der Waals surface area (Å²) in [5, 5.41) is -0.574. The normalized spacial score (nSPS) is 15.3. The zero-order valence-corrected chi connectivity index (χ0v) is 14.6. The van der Waals surface area contributed by atoms with Gasteiger partial charge in [-0.3, -0.25) is 4.79 Å². The Morgan fingerprint density at radius 2 is 1.87 bits per heavy atom. The van der Waals surface area contributed by atoms with Gasteiger partial charge >= 0.3 is 0 Å². The van der Waals surface area contributed by atoms with Crippen LogP contribution in [0.2, 0.25) is 4.34 Å². The van der Waals surface area contributed by atoms with E-state index in [4.69, 9.17) is 16.3 Å². The Labute approximate surface area is 143 Å². The molecule has 1 aliphatic rings. The van der Waals surface area contributed by atoms with E-state index < -0.39 is 15.1 Å². The Kier molecular flexibility index (Phi) is 4.35. The maximum atomic E-state index is 12.5. The fourth-order valence-corrected chi connectivity index (χ4v) is 5.01. The van der Waals surface area contributed by atoms with Crippen LogP contribution in [0.15, 0.2) is 41.3 Å². The first-order valence-electron chi connectivity index (χ1n) is 6.84. The molecule has 122 valence electrons. The summed E-state index contributed by atoms with van der Waals surface area (Å²) in [5.41, 5.74) is 0. The van der Waals surface area contributed by atoms with Gasteiger partial charge in [-0.25, -0.2) is 8.42 Å². The maximum absolute atomic E-state index is 12.5. The number of ether oxygens (including phenoxy) is 1. The summed E-state index contributed by atoms with van der Waals surface area (Å²) in [6, 6.07) is 9.59. The molecule has 0 bridgehead atoms. The number of carbonyl (C=O) groups is 1. The number of carbonyl (C=O) groups excluding carboxylic acids is 1. The van der Waals surface area contributed by atoms with Crippen molar-refractivity contribution < 1.29 is 17.9 Å². The van der Waals surface area contributed by atoms with Gasteiger partial charge in [0.1, 0.15) is 11.0 Å². The van der Waals surface area contributed by atoms with E-state index in [9.17, 15) is 13.2 Å². The molecule has 1 saturated heterocycles. The highest BCUT2D eigenvalue weighted by Gasteiger charge is 2.41. The molecule has 0 unspecified atom stereocenters. The average molecular weight is 372 g/mol. The first-order chi connectivity index (χ1) is 10.9. The Hall–Kier alpha value is -1.57. The molecule has 1 aromatic carbocycles. The predicted molar refractivity (Wildman–Crippen MR) is 89.2 cm³/mol. The molecule has 2 aromatic rings. The largest absolute Gasteiger partial charge is 0.497 e. The van der Waals surface area contributed by atoms with E-state index in [1.54, 1.807) is 24.3 Å². The second-order valence-corrected chi connectivity index (χ2v) is 9.10. The van der Waals surface area contributed by atoms with Crippen LogP contribution in [-0.2, 0) is 9.84 Å². The number of likely N-dealkylation sites (tertiary alicyclic amines) is 1. The van der Waals surface area contributed by atoms with Crippen molar-refractivity contribution in [3.05, 3.63) is 45.6 Å². The molecule has 0 saturated carbocycles. The molecule has 0 N–H and O–H groups in total. The van der Waals surface area contributed by atoms with E-state index in [0.717, 1.165) is 0 Å². The van der Waals surface area contributed by atoms with E-state index in [2.05, 4.69) is 0 Å². The summed E-state index contributed by atoms with van der Waals surface area (Å²) < 4.78 is 30.6. The van der Waals surface area contributed by atoms with Gasteiger partial charge in [-0.15, -0.1) is 11.3 Å². The summed E-state index contributed by atoms with van der Waals surface area (Å²) in [6.45, 7) is 0.394. The molecular weight excluding hydrogens is 358 g/mol. The monoisotopic (exact) mass is 371 g/mol. The quantitative estimate of drug-likeness (QED) is 0.829. The summed E-state index contributed by atoms with van der Waals surface area (Å²) in [4.78, 5) is 14.5. The van der Waals surface area contributed by atoms with Gasteiger partial charge in [0.25, 0.3) is 5.91 Å². The highest BCUT2D eigenvalue weighted by molar-refractivity contribution is 7.92. The number of methoxy groups -OCH3 is 1. The number of benzene rings is 1. The molecule has 1 aliphatic heterocycles. The molecule has 0 atom stereocenters. The van der Waals surface area contributed by atoms with Crippen molar-refractivity contribution in [1.29, 1.82) is 0 Å². The molecule has 1 aromatic heterocycles. The number of amides is 1. The zero-order valence-electron chi connectivity index (χ0n) is 12.2. The second-order valence-electron chi connectivity index (χ2n) is 5.16. The number of nitrogens with zero attached hydrogens (tertiary/aromatic N) is 1. The van der Waals surface area contributed by atoms with E-state index in [1.807, 2.05) is 0 Å². The molecule has 2 heterocycles. The first-order valence-corrected chi connectivity index (χ1v) is 9.58. The van der Waals surface area contributed by atoms with Gasteiger partial charge in [0.2, 0.25) is 0 Å². The summed E-state index contributed by atoms with van der Waals surface area (Å²) in [5.74, 6) is 0.423. The number of rotatable bonds is 4. The van der Waals surface area contributed by atoms with Crippen molar-refractivity contribution >= 4 is 38.7 Å². The minimum absolute atomic E-state index is 0.178. The van der Waals surface area contributed by atoms with Crippen LogP contribution >= 0.6 is 22.9 Å². The topological polar surface area (TPSA) is 63.7 Å². The zero-order chi connectivity index (χ0) is 16.6. The smallest absolute Gasteiger partial charge is 0.264 e. The lowest BCUT2D eigenvalue weighted by atomic mass is 10.2. The van der Waals surface area contributed by atoms with Crippen LogP contribution in [0.3, 0.4) is 0 Å². The standard InChI is InChI=1S/C15H14ClNO4S2/c1-21-10-2-4-11(5-3-10)23(19,20)12-8-17(9-12)15(18)13-6-7-14(16)22-13/h2-7,12H,8-9H2,1H3. The summed E-state index contributed by atoms with van der Waals surface area (Å²) in [6.07, 6.45) is 0. The van der Waals surface area contributed by atoms with Gasteiger partial charge in [-0.05, 0) is 36.4 Å². The minimum Gasteiger partial charge on any atom is -0.497 e. The Bertz CT molecular complexity index is 823. The third kappa shape index (κ3) is 3.08. The lowest BCUT2D eigenvalue weighted by Gasteiger charge is -2.38. The van der Waals surface area contributed by atoms with Crippen LogP contribution in [0.1, 0.15) is 9.67 Å². The number of hydrogen-bond donors (Lipinski definition) is 0. The Balaban J connectivity index is 1.69. The van der Waals surface area contributed by atoms with Gasteiger partial charge in [-0.1, -0.05) is 11.6 Å². The Morgan fingerprint density at radius 3 is 2.39 bits per heavy atom. The van der Waals surface area contributed by atoms with Crippen LogP contribution in [-0.4, -0.2) is 44.7 Å². The van der Waals surface area contributed by atoms with Crippen LogP contribution in [0.25, 0.3) is 0 Å². The minimum atomic E-state index is -3.44. The summed E-state index contributed by atoms with van der Waals surface area (Å²) >= 11 is 7.01. The van der Waals surface area contributed by atoms with Crippen molar-refractivity contribution in [3.8, 4) is 5.75 Å². The molecule has 1 fully saturated rings. The number of halogens is 1. The number of hydrogen-bond acceptors (Lipinski definition) is 5. The fraction of sp³-hybridized carbons (Fsp3) is 0.267. The van der Waals surface area contributed by atoms with Crippen molar-refractivity contribution in [3.63, 3.8) is 0 Å². The van der Waals surface area contributed by atoms with Gasteiger partial charge < -0.3 is 9.64 Å². The maximum Gasteiger partial charge on any atom is 0.264 e. The number of sulfone groups is 1. The van der Waals surface area contributed by atoms with Crippen molar-refractivity contribution in [2.45, 2.75) is 10.1 Å². The van der Waals surface area contributed by atoms with Crippen LogP contribution in [0, 0.1) is 0 Å². The molecule has 23 heavy (non-hydrogen) atoms. The lowest BCUT2D eigenvalue weighted by molar-refractivity contribution is 0.0664. The molecule has 1 amide bonds. The Morgan fingerprint density at radius 1 is 1.22 bits per heavy atom. The van der Waals surface area contributed by atoms with Crippen molar-refractivity contribution in [2.24, 2.45) is 0 Å². The predicted octanol–water partition coefficient (Wildman–Crippen LogP) is 2.71. The average Bonchev–Trinajstić information content (AvgIpc) is 2.92. The number of thiophene rings is 1. The molecule has 5 nitrogen and oxygen atoms in total. The first kappa shape index (κ1) is 16.3. The van der Waals surface area contributed by atoms with E-state index in [0.29, 0.717) is 15.0 Å². The van der Waals surface area contributed by atoms with Crippen LogP contribution in [0.4, 0.5) is 0 Å². The third-order valence-corrected chi connectivity index (χ3v) is 7.07. The summed E-state index contributed by atoms with van der Waals surface area (Å²) in [7, 11) is -1.92. The fourth-order valence-electron chi connectivity index (χ4n) is 2.34. The van der Waals surface area contributed by atoms with Gasteiger partial charge in [0, 0.05) is 13.1 Å². The van der Waals surface area contributed by atoms with Crippen molar-refractivity contribution in [1.82, 2.24) is 4.90 Å². The van der Waals surface area contributed by atoms with Crippen LogP contribution < -0.4 is 4.74 Å². The molecule has 3 rings (SSSR count). The highest BCUT2D eigenvalue weighted by Crippen LogP contribution is 2.29. The molecule has 8 heteroatoms. The van der Waals surface area contributed by atoms with Gasteiger partial charge in [0.15, 0.2) is 9.84 Å². The van der Waals surface area contributed by atoms with E-state index >= 15 is 0 Å². The molecular formula is C15H14ClNO4S2. The van der Waals surface area contributed by atoms with Crippen LogP contribution in [0.5, 0.6) is 5.75 Å².